The van der Waals surface area contributed by atoms with Gasteiger partial charge in [0.2, 0.25) is 0 Å². The molecule has 3 aromatic rings. The van der Waals surface area contributed by atoms with E-state index in [2.05, 4.69) is 53.4 Å². The highest BCUT2D eigenvalue weighted by molar-refractivity contribution is 6.06. The molecule has 0 aliphatic carbocycles. The lowest BCUT2D eigenvalue weighted by Crippen LogP contribution is -2.36. The topological polar surface area (TPSA) is 58.1 Å². The standard InChI is InChI=1S/C23H24N4O/c1-15-7-6-8-18(11-15)14-24-22-13-20(25-17(3)26-22)23(28)27-16(2)12-19-9-4-5-10-21(19)27/h4-11,13,16H,12,14H2,1-3H3,(H,24,25,26). The van der Waals surface area contributed by atoms with Gasteiger partial charge in [0.25, 0.3) is 5.91 Å². The third kappa shape index (κ3) is 3.60. The van der Waals surface area contributed by atoms with Crippen LogP contribution in [0, 0.1) is 13.8 Å². The molecular formula is C23H24N4O. The van der Waals surface area contributed by atoms with Crippen LogP contribution >= 0.6 is 0 Å². The molecule has 0 radical (unpaired) electrons. The Bertz CT molecular complexity index is 1030. The van der Waals surface area contributed by atoms with Gasteiger partial charge in [-0.05, 0) is 44.4 Å². The number of anilines is 2. The summed E-state index contributed by atoms with van der Waals surface area (Å²) in [6.45, 7) is 6.61. The van der Waals surface area contributed by atoms with Gasteiger partial charge in [-0.15, -0.1) is 0 Å². The Balaban J connectivity index is 1.58. The molecule has 28 heavy (non-hydrogen) atoms. The summed E-state index contributed by atoms with van der Waals surface area (Å²) in [5.74, 6) is 1.16. The largest absolute Gasteiger partial charge is 0.366 e. The molecule has 0 saturated heterocycles. The lowest BCUT2D eigenvalue weighted by Gasteiger charge is -2.22. The van der Waals surface area contributed by atoms with Crippen molar-refractivity contribution in [3.05, 3.63) is 82.8 Å². The predicted molar refractivity (Wildman–Crippen MR) is 112 cm³/mol. The van der Waals surface area contributed by atoms with E-state index in [0.717, 1.165) is 12.1 Å². The van der Waals surface area contributed by atoms with E-state index < -0.39 is 0 Å². The number of para-hydroxylation sites is 1. The summed E-state index contributed by atoms with van der Waals surface area (Å²) in [5.41, 5.74) is 4.99. The van der Waals surface area contributed by atoms with Gasteiger partial charge in [-0.3, -0.25) is 4.79 Å². The molecular weight excluding hydrogens is 348 g/mol. The second-order valence-electron chi connectivity index (χ2n) is 7.39. The van der Waals surface area contributed by atoms with E-state index in [1.54, 1.807) is 6.07 Å². The highest BCUT2D eigenvalue weighted by Crippen LogP contribution is 2.33. The Morgan fingerprint density at radius 2 is 1.93 bits per heavy atom. The Labute approximate surface area is 165 Å². The number of aromatic nitrogens is 2. The van der Waals surface area contributed by atoms with Crippen molar-refractivity contribution in [3.8, 4) is 0 Å². The fraction of sp³-hybridized carbons (Fsp3) is 0.261. The van der Waals surface area contributed by atoms with Crippen LogP contribution in [0.2, 0.25) is 0 Å². The number of nitrogens with one attached hydrogen (secondary N) is 1. The van der Waals surface area contributed by atoms with Gasteiger partial charge < -0.3 is 10.2 Å². The first-order valence-corrected chi connectivity index (χ1v) is 9.58. The number of carbonyl (C=O) groups excluding carboxylic acids is 1. The Morgan fingerprint density at radius 1 is 1.11 bits per heavy atom. The van der Waals surface area contributed by atoms with Gasteiger partial charge in [0, 0.05) is 24.3 Å². The highest BCUT2D eigenvalue weighted by atomic mass is 16.2. The van der Waals surface area contributed by atoms with Crippen LogP contribution in [0.15, 0.2) is 54.6 Å². The maximum atomic E-state index is 13.3. The van der Waals surface area contributed by atoms with E-state index in [4.69, 9.17) is 0 Å². The summed E-state index contributed by atoms with van der Waals surface area (Å²) in [6.07, 6.45) is 0.866. The molecule has 1 unspecified atom stereocenters. The summed E-state index contributed by atoms with van der Waals surface area (Å²) in [5, 5.41) is 3.32. The number of hydrogen-bond donors (Lipinski definition) is 1. The van der Waals surface area contributed by atoms with Crippen LogP contribution in [0.3, 0.4) is 0 Å². The van der Waals surface area contributed by atoms with Crippen molar-refractivity contribution < 1.29 is 4.79 Å². The van der Waals surface area contributed by atoms with Crippen LogP contribution in [0.1, 0.15) is 39.9 Å². The van der Waals surface area contributed by atoms with E-state index in [1.807, 2.05) is 36.1 Å². The van der Waals surface area contributed by atoms with Gasteiger partial charge >= 0.3 is 0 Å². The minimum absolute atomic E-state index is 0.0819. The number of benzene rings is 2. The number of hydrogen-bond acceptors (Lipinski definition) is 4. The zero-order chi connectivity index (χ0) is 19.7. The minimum Gasteiger partial charge on any atom is -0.366 e. The first-order valence-electron chi connectivity index (χ1n) is 9.58. The van der Waals surface area contributed by atoms with Crippen molar-refractivity contribution in [2.45, 2.75) is 39.8 Å². The highest BCUT2D eigenvalue weighted by Gasteiger charge is 2.32. The summed E-state index contributed by atoms with van der Waals surface area (Å²) in [7, 11) is 0. The molecule has 142 valence electrons. The molecule has 2 heterocycles. The molecule has 5 heteroatoms. The van der Waals surface area contributed by atoms with Gasteiger partial charge in [-0.2, -0.15) is 0 Å². The number of amides is 1. The molecule has 1 N–H and O–H groups in total. The monoisotopic (exact) mass is 372 g/mol. The third-order valence-electron chi connectivity index (χ3n) is 5.04. The Kier molecular flexibility index (Phi) is 4.82. The molecule has 1 aromatic heterocycles. The zero-order valence-corrected chi connectivity index (χ0v) is 16.4. The maximum Gasteiger partial charge on any atom is 0.277 e. The molecule has 5 nitrogen and oxygen atoms in total. The summed E-state index contributed by atoms with van der Waals surface area (Å²) in [4.78, 5) is 24.0. The summed E-state index contributed by atoms with van der Waals surface area (Å²) in [6, 6.07) is 18.3. The van der Waals surface area contributed by atoms with E-state index in [-0.39, 0.29) is 11.9 Å². The molecule has 4 rings (SSSR count). The molecule has 1 aliphatic rings. The maximum absolute atomic E-state index is 13.3. The lowest BCUT2D eigenvalue weighted by molar-refractivity contribution is 0.0976. The normalized spacial score (nSPS) is 15.4. The quantitative estimate of drug-likeness (QED) is 0.742. The average molecular weight is 372 g/mol. The van der Waals surface area contributed by atoms with E-state index in [0.29, 0.717) is 23.9 Å². The summed E-state index contributed by atoms with van der Waals surface area (Å²) < 4.78 is 0. The fourth-order valence-corrected chi connectivity index (χ4v) is 3.78. The lowest BCUT2D eigenvalue weighted by atomic mass is 10.1. The van der Waals surface area contributed by atoms with E-state index in [1.165, 1.54) is 16.7 Å². The van der Waals surface area contributed by atoms with Crippen molar-refractivity contribution in [1.29, 1.82) is 0 Å². The smallest absolute Gasteiger partial charge is 0.277 e. The fourth-order valence-electron chi connectivity index (χ4n) is 3.78. The number of carbonyl (C=O) groups is 1. The summed E-state index contributed by atoms with van der Waals surface area (Å²) >= 11 is 0. The van der Waals surface area contributed by atoms with Crippen LogP contribution in [0.25, 0.3) is 0 Å². The second-order valence-corrected chi connectivity index (χ2v) is 7.39. The first kappa shape index (κ1) is 18.2. The zero-order valence-electron chi connectivity index (χ0n) is 16.4. The van der Waals surface area contributed by atoms with Gasteiger partial charge in [0.05, 0.1) is 0 Å². The van der Waals surface area contributed by atoms with Crippen molar-refractivity contribution in [2.24, 2.45) is 0 Å². The molecule has 1 amide bonds. The van der Waals surface area contributed by atoms with Crippen LogP contribution in [-0.4, -0.2) is 21.9 Å². The number of fused-ring (bicyclic) bond motifs is 1. The molecule has 0 saturated carbocycles. The van der Waals surface area contributed by atoms with Crippen LogP contribution < -0.4 is 10.2 Å². The number of aryl methyl sites for hydroxylation is 2. The van der Waals surface area contributed by atoms with Crippen LogP contribution in [-0.2, 0) is 13.0 Å². The number of rotatable bonds is 4. The molecule has 0 fully saturated rings. The molecule has 0 bridgehead atoms. The van der Waals surface area contributed by atoms with Crippen molar-refractivity contribution in [1.82, 2.24) is 9.97 Å². The second kappa shape index (κ2) is 7.43. The first-order chi connectivity index (χ1) is 13.5. The van der Waals surface area contributed by atoms with Crippen molar-refractivity contribution >= 4 is 17.4 Å². The third-order valence-corrected chi connectivity index (χ3v) is 5.04. The van der Waals surface area contributed by atoms with Crippen molar-refractivity contribution in [3.63, 3.8) is 0 Å². The van der Waals surface area contributed by atoms with Crippen molar-refractivity contribution in [2.75, 3.05) is 10.2 Å². The SMILES string of the molecule is Cc1cccc(CNc2cc(C(=O)N3c4ccccc4CC3C)nc(C)n2)c1. The molecule has 2 aromatic carbocycles. The van der Waals surface area contributed by atoms with Gasteiger partial charge in [0.1, 0.15) is 17.3 Å². The predicted octanol–water partition coefficient (Wildman–Crippen LogP) is 4.30. The van der Waals surface area contributed by atoms with Crippen LogP contribution in [0.5, 0.6) is 0 Å². The number of nitrogens with zero attached hydrogens (tertiary/aromatic N) is 3. The molecule has 1 atom stereocenters. The van der Waals surface area contributed by atoms with E-state index >= 15 is 0 Å². The minimum atomic E-state index is -0.0819. The van der Waals surface area contributed by atoms with E-state index in [9.17, 15) is 4.79 Å². The Morgan fingerprint density at radius 3 is 2.75 bits per heavy atom. The van der Waals surface area contributed by atoms with Gasteiger partial charge in [-0.25, -0.2) is 9.97 Å². The average Bonchev–Trinajstić information content (AvgIpc) is 3.01. The van der Waals surface area contributed by atoms with Gasteiger partial charge in [0.15, 0.2) is 0 Å². The Hall–Kier alpha value is -3.21. The van der Waals surface area contributed by atoms with Crippen LogP contribution in [0.4, 0.5) is 11.5 Å². The molecule has 1 aliphatic heterocycles. The molecule has 0 spiro atoms. The van der Waals surface area contributed by atoms with Gasteiger partial charge in [-0.1, -0.05) is 48.0 Å².